The summed E-state index contributed by atoms with van der Waals surface area (Å²) in [7, 11) is 0. The average molecular weight is 450 g/mol. The molecule has 1 fully saturated rings. The Bertz CT molecular complexity index is 819. The highest BCUT2D eigenvalue weighted by Crippen LogP contribution is 2.39. The van der Waals surface area contributed by atoms with E-state index in [1.165, 1.54) is 0 Å². The van der Waals surface area contributed by atoms with Gasteiger partial charge in [-0.05, 0) is 43.9 Å². The zero-order chi connectivity index (χ0) is 19.9. The number of aromatic nitrogens is 2. The number of anilines is 1. The molecule has 0 aliphatic heterocycles. The normalized spacial score (nSPS) is 13.5. The van der Waals surface area contributed by atoms with Crippen LogP contribution in [0, 0.1) is 0 Å². The second kappa shape index (κ2) is 9.96. The van der Waals surface area contributed by atoms with Gasteiger partial charge < -0.3 is 9.32 Å². The molecule has 1 aliphatic rings. The molecule has 0 radical (unpaired) electrons. The summed E-state index contributed by atoms with van der Waals surface area (Å²) in [4.78, 5) is 14.3. The van der Waals surface area contributed by atoms with Crippen LogP contribution < -0.4 is 4.90 Å². The molecule has 0 N–H and O–H groups in total. The lowest BCUT2D eigenvalue weighted by molar-refractivity contribution is -0.118. The molecule has 0 unspecified atom stereocenters. The van der Waals surface area contributed by atoms with Gasteiger partial charge in [0.1, 0.15) is 0 Å². The van der Waals surface area contributed by atoms with E-state index in [-0.39, 0.29) is 18.7 Å². The zero-order valence-corrected chi connectivity index (χ0v) is 17.5. The van der Waals surface area contributed by atoms with E-state index in [9.17, 15) is 9.18 Å². The van der Waals surface area contributed by atoms with Gasteiger partial charge in [0.25, 0.3) is 0 Å². The predicted molar refractivity (Wildman–Crippen MR) is 110 cm³/mol. The largest absolute Gasteiger partial charge is 0.425 e. The molecule has 0 bridgehead atoms. The minimum absolute atomic E-state index is 0.0594. The maximum Gasteiger partial charge on any atom is 0.227 e. The summed E-state index contributed by atoms with van der Waals surface area (Å²) in [6.45, 7) is 3.83. The predicted octanol–water partition coefficient (Wildman–Crippen LogP) is 5.72. The van der Waals surface area contributed by atoms with Gasteiger partial charge in [0.2, 0.25) is 17.7 Å². The average Bonchev–Trinajstić information content (AvgIpc) is 3.41. The van der Waals surface area contributed by atoms with Gasteiger partial charge in [0.15, 0.2) is 0 Å². The highest BCUT2D eigenvalue weighted by Gasteiger charge is 2.29. The van der Waals surface area contributed by atoms with Gasteiger partial charge in [-0.2, -0.15) is 0 Å². The van der Waals surface area contributed by atoms with Crippen molar-refractivity contribution < 1.29 is 13.6 Å². The van der Waals surface area contributed by atoms with E-state index >= 15 is 0 Å². The molecule has 2 aromatic rings. The Morgan fingerprint density at radius 1 is 1.25 bits per heavy atom. The quantitative estimate of drug-likeness (QED) is 0.411. The van der Waals surface area contributed by atoms with Gasteiger partial charge in [-0.3, -0.25) is 4.79 Å². The van der Waals surface area contributed by atoms with Crippen molar-refractivity contribution in [2.45, 2.75) is 57.3 Å². The molecule has 0 spiro atoms. The molecular weight excluding hydrogens is 425 g/mol. The first kappa shape index (κ1) is 20.7. The van der Waals surface area contributed by atoms with Gasteiger partial charge >= 0.3 is 0 Å². The molecule has 0 saturated heterocycles. The number of hydrogen-bond acceptors (Lipinski definition) is 4. The fourth-order valence-electron chi connectivity index (χ4n) is 3.01. The molecule has 1 aromatic heterocycles. The fraction of sp³-hybridized carbons (Fsp3) is 0.476. The van der Waals surface area contributed by atoms with Gasteiger partial charge in [0.05, 0.1) is 5.83 Å². The van der Waals surface area contributed by atoms with Crippen molar-refractivity contribution >= 4 is 27.5 Å². The number of rotatable bonds is 11. The molecule has 0 atom stereocenters. The van der Waals surface area contributed by atoms with E-state index in [0.29, 0.717) is 18.4 Å². The third-order valence-corrected chi connectivity index (χ3v) is 5.21. The molecule has 7 heteroatoms. The van der Waals surface area contributed by atoms with Crippen LogP contribution in [-0.4, -0.2) is 22.6 Å². The summed E-state index contributed by atoms with van der Waals surface area (Å²) in [5.74, 6) is 1.39. The fourth-order valence-corrected chi connectivity index (χ4v) is 3.39. The lowest BCUT2D eigenvalue weighted by Crippen LogP contribution is -2.31. The molecular formula is C21H25BrFN3O2. The maximum atomic E-state index is 13.0. The first-order valence-electron chi connectivity index (χ1n) is 9.74. The van der Waals surface area contributed by atoms with Gasteiger partial charge in [0, 0.05) is 41.9 Å². The van der Waals surface area contributed by atoms with Gasteiger partial charge in [-0.15, -0.1) is 10.2 Å². The summed E-state index contributed by atoms with van der Waals surface area (Å²) in [5.41, 5.74) is 0.815. The summed E-state index contributed by atoms with van der Waals surface area (Å²) in [5, 5.41) is 8.21. The van der Waals surface area contributed by atoms with Crippen LogP contribution in [0.25, 0.3) is 0 Å². The monoisotopic (exact) mass is 449 g/mol. The Hall–Kier alpha value is -2.02. The van der Waals surface area contributed by atoms with E-state index < -0.39 is 5.83 Å². The van der Waals surface area contributed by atoms with E-state index in [1.807, 2.05) is 24.3 Å². The van der Waals surface area contributed by atoms with E-state index in [4.69, 9.17) is 4.42 Å². The Morgan fingerprint density at radius 3 is 2.79 bits per heavy atom. The Labute approximate surface area is 173 Å². The third kappa shape index (κ3) is 6.26. The minimum Gasteiger partial charge on any atom is -0.425 e. The second-order valence-corrected chi connectivity index (χ2v) is 8.08. The Kier molecular flexibility index (Phi) is 7.36. The van der Waals surface area contributed by atoms with E-state index in [0.717, 1.165) is 54.6 Å². The van der Waals surface area contributed by atoms with Crippen molar-refractivity contribution in [3.05, 3.63) is 52.9 Å². The number of carbonyl (C=O) groups excluding carboxylic acids is 1. The molecule has 1 aromatic carbocycles. The van der Waals surface area contributed by atoms with Crippen LogP contribution >= 0.6 is 15.9 Å². The summed E-state index contributed by atoms with van der Waals surface area (Å²) < 4.78 is 19.5. The molecule has 3 rings (SSSR count). The highest BCUT2D eigenvalue weighted by atomic mass is 79.9. The number of benzene rings is 1. The van der Waals surface area contributed by atoms with Gasteiger partial charge in [-0.1, -0.05) is 35.0 Å². The van der Waals surface area contributed by atoms with E-state index in [1.54, 1.807) is 4.90 Å². The van der Waals surface area contributed by atoms with Gasteiger partial charge in [-0.25, -0.2) is 4.39 Å². The van der Waals surface area contributed by atoms with Crippen LogP contribution in [0.5, 0.6) is 0 Å². The number of allylic oxidation sites excluding steroid dienone is 1. The number of unbranched alkanes of at least 4 members (excludes halogenated alkanes) is 2. The van der Waals surface area contributed by atoms with Crippen LogP contribution in [-0.2, 0) is 11.2 Å². The molecule has 5 nitrogen and oxygen atoms in total. The Morgan fingerprint density at radius 2 is 2.07 bits per heavy atom. The number of carbonyl (C=O) groups is 1. The Balaban J connectivity index is 1.48. The molecule has 150 valence electrons. The first-order valence-corrected chi connectivity index (χ1v) is 10.5. The summed E-state index contributed by atoms with van der Waals surface area (Å²) in [6, 6.07) is 7.60. The van der Waals surface area contributed by atoms with Crippen LogP contribution in [0.3, 0.4) is 0 Å². The summed E-state index contributed by atoms with van der Waals surface area (Å²) >= 11 is 3.44. The molecule has 1 saturated carbocycles. The third-order valence-electron chi connectivity index (χ3n) is 4.71. The van der Waals surface area contributed by atoms with Crippen LogP contribution in [0.1, 0.15) is 62.6 Å². The number of aryl methyl sites for hydroxylation is 1. The first-order chi connectivity index (χ1) is 13.5. The van der Waals surface area contributed by atoms with Crippen LogP contribution in [0.15, 0.2) is 45.6 Å². The van der Waals surface area contributed by atoms with Crippen molar-refractivity contribution in [1.82, 2.24) is 10.2 Å². The van der Waals surface area contributed by atoms with Crippen LogP contribution in [0.2, 0.25) is 0 Å². The minimum atomic E-state index is -0.465. The zero-order valence-electron chi connectivity index (χ0n) is 15.9. The lowest BCUT2D eigenvalue weighted by Gasteiger charge is -2.23. The van der Waals surface area contributed by atoms with Crippen molar-refractivity contribution in [2.75, 3.05) is 11.4 Å². The molecule has 1 amide bonds. The standard InChI is InChI=1S/C21H25BrFN3O2/c1-15(23)9-12-20(27)26(18-7-5-6-17(22)14-18)13-4-2-3-8-19-24-25-21(28-19)16-10-11-16/h5-7,14,16H,1-4,8-13H2. The second-order valence-electron chi connectivity index (χ2n) is 7.16. The highest BCUT2D eigenvalue weighted by molar-refractivity contribution is 9.10. The molecule has 1 aliphatic carbocycles. The van der Waals surface area contributed by atoms with Crippen molar-refractivity contribution in [3.8, 4) is 0 Å². The molecule has 28 heavy (non-hydrogen) atoms. The SMILES string of the molecule is C=C(F)CCC(=O)N(CCCCCc1nnc(C2CC2)o1)c1cccc(Br)c1. The smallest absolute Gasteiger partial charge is 0.227 e. The van der Waals surface area contributed by atoms with Crippen molar-refractivity contribution in [2.24, 2.45) is 0 Å². The number of amides is 1. The number of nitrogens with zero attached hydrogens (tertiary/aromatic N) is 3. The number of hydrogen-bond donors (Lipinski definition) is 0. The molecule has 1 heterocycles. The lowest BCUT2D eigenvalue weighted by atomic mass is 10.1. The van der Waals surface area contributed by atoms with E-state index in [2.05, 4.69) is 32.7 Å². The van der Waals surface area contributed by atoms with Crippen molar-refractivity contribution in [1.29, 1.82) is 0 Å². The van der Waals surface area contributed by atoms with Crippen LogP contribution in [0.4, 0.5) is 10.1 Å². The van der Waals surface area contributed by atoms with Crippen molar-refractivity contribution in [3.63, 3.8) is 0 Å². The summed E-state index contributed by atoms with van der Waals surface area (Å²) in [6.07, 6.45) is 5.94. The number of halogens is 2. The maximum absolute atomic E-state index is 13.0. The topological polar surface area (TPSA) is 59.2 Å².